The maximum absolute atomic E-state index is 12.0. The van der Waals surface area contributed by atoms with E-state index in [2.05, 4.69) is 11.4 Å². The quantitative estimate of drug-likeness (QED) is 0.782. The van der Waals surface area contributed by atoms with E-state index in [-0.39, 0.29) is 12.5 Å². The van der Waals surface area contributed by atoms with Gasteiger partial charge in [-0.3, -0.25) is 4.79 Å². The van der Waals surface area contributed by atoms with Crippen LogP contribution in [0.25, 0.3) is 0 Å². The molecule has 0 aliphatic heterocycles. The van der Waals surface area contributed by atoms with Crippen LogP contribution in [0.15, 0.2) is 48.5 Å². The van der Waals surface area contributed by atoms with Crippen LogP contribution in [0.2, 0.25) is 0 Å². The molecule has 0 unspecified atom stereocenters. The SMILES string of the molecule is Cc1cccc(CCC(=O)NCc2cccc(OCC(=O)O)c2)c1. The molecule has 5 nitrogen and oxygen atoms in total. The second-order valence-corrected chi connectivity index (χ2v) is 5.60. The minimum atomic E-state index is -1.02. The first kappa shape index (κ1) is 17.5. The number of benzene rings is 2. The molecule has 2 rings (SSSR count). The maximum atomic E-state index is 12.0. The number of ether oxygens (including phenoxy) is 1. The molecule has 0 aromatic heterocycles. The molecule has 2 N–H and O–H groups in total. The molecule has 0 heterocycles. The van der Waals surface area contributed by atoms with E-state index in [9.17, 15) is 9.59 Å². The van der Waals surface area contributed by atoms with Crippen molar-refractivity contribution in [3.63, 3.8) is 0 Å². The van der Waals surface area contributed by atoms with E-state index in [1.807, 2.05) is 31.2 Å². The van der Waals surface area contributed by atoms with Crippen LogP contribution >= 0.6 is 0 Å². The number of carboxylic acids is 1. The van der Waals surface area contributed by atoms with Gasteiger partial charge in [0.1, 0.15) is 5.75 Å². The minimum Gasteiger partial charge on any atom is -0.482 e. The molecule has 0 spiro atoms. The topological polar surface area (TPSA) is 75.6 Å². The summed E-state index contributed by atoms with van der Waals surface area (Å²) >= 11 is 0. The van der Waals surface area contributed by atoms with Crippen LogP contribution in [0.5, 0.6) is 5.75 Å². The van der Waals surface area contributed by atoms with Gasteiger partial charge in [0.2, 0.25) is 5.91 Å². The smallest absolute Gasteiger partial charge is 0.341 e. The number of nitrogens with one attached hydrogen (secondary N) is 1. The first-order chi connectivity index (χ1) is 11.5. The Bertz CT molecular complexity index is 712. The Labute approximate surface area is 141 Å². The molecular formula is C19H21NO4. The molecule has 2 aromatic rings. The highest BCUT2D eigenvalue weighted by Crippen LogP contribution is 2.13. The van der Waals surface area contributed by atoms with Gasteiger partial charge < -0.3 is 15.2 Å². The summed E-state index contributed by atoms with van der Waals surface area (Å²) in [6.07, 6.45) is 1.13. The van der Waals surface area contributed by atoms with E-state index in [1.54, 1.807) is 18.2 Å². The number of carbonyl (C=O) groups excluding carboxylic acids is 1. The zero-order valence-electron chi connectivity index (χ0n) is 13.6. The van der Waals surface area contributed by atoms with Crippen LogP contribution in [0.3, 0.4) is 0 Å². The highest BCUT2D eigenvalue weighted by Gasteiger charge is 2.04. The fourth-order valence-electron chi connectivity index (χ4n) is 2.30. The normalized spacial score (nSPS) is 10.2. The van der Waals surface area contributed by atoms with E-state index in [1.165, 1.54) is 5.56 Å². The molecule has 5 heteroatoms. The first-order valence-electron chi connectivity index (χ1n) is 7.79. The molecular weight excluding hydrogens is 306 g/mol. The standard InChI is InChI=1S/C19H21NO4/c1-14-4-2-5-15(10-14)8-9-18(21)20-12-16-6-3-7-17(11-16)24-13-19(22)23/h2-7,10-11H,8-9,12-13H2,1H3,(H,20,21)(H,22,23). The lowest BCUT2D eigenvalue weighted by molar-refractivity contribution is -0.139. The van der Waals surface area contributed by atoms with Gasteiger partial charge in [-0.2, -0.15) is 0 Å². The van der Waals surface area contributed by atoms with Gasteiger partial charge in [0.05, 0.1) is 0 Å². The van der Waals surface area contributed by atoms with Crippen molar-refractivity contribution >= 4 is 11.9 Å². The van der Waals surface area contributed by atoms with E-state index in [0.717, 1.165) is 11.1 Å². The van der Waals surface area contributed by atoms with E-state index < -0.39 is 5.97 Å². The average Bonchev–Trinajstić information content (AvgIpc) is 2.57. The summed E-state index contributed by atoms with van der Waals surface area (Å²) < 4.78 is 5.12. The van der Waals surface area contributed by atoms with Gasteiger partial charge in [-0.1, -0.05) is 42.0 Å². The number of hydrogen-bond acceptors (Lipinski definition) is 3. The zero-order valence-corrected chi connectivity index (χ0v) is 13.6. The maximum Gasteiger partial charge on any atom is 0.341 e. The number of hydrogen-bond donors (Lipinski definition) is 2. The predicted molar refractivity (Wildman–Crippen MR) is 90.9 cm³/mol. The van der Waals surface area contributed by atoms with E-state index in [4.69, 9.17) is 9.84 Å². The lowest BCUT2D eigenvalue weighted by Gasteiger charge is -2.08. The molecule has 0 saturated heterocycles. The summed E-state index contributed by atoms with van der Waals surface area (Å²) in [4.78, 5) is 22.5. The summed E-state index contributed by atoms with van der Waals surface area (Å²) in [7, 11) is 0. The molecule has 126 valence electrons. The third-order valence-electron chi connectivity index (χ3n) is 3.47. The Hall–Kier alpha value is -2.82. The fourth-order valence-corrected chi connectivity index (χ4v) is 2.30. The summed E-state index contributed by atoms with van der Waals surface area (Å²) in [5.74, 6) is -0.567. The number of rotatable bonds is 8. The summed E-state index contributed by atoms with van der Waals surface area (Å²) in [6.45, 7) is 2.03. The Morgan fingerprint density at radius 2 is 1.83 bits per heavy atom. The third-order valence-corrected chi connectivity index (χ3v) is 3.47. The molecule has 0 fully saturated rings. The number of aryl methyl sites for hydroxylation is 2. The third kappa shape index (κ3) is 6.12. The second kappa shape index (κ2) is 8.72. The van der Waals surface area contributed by atoms with Crippen LogP contribution in [-0.2, 0) is 22.6 Å². The highest BCUT2D eigenvalue weighted by atomic mass is 16.5. The number of aliphatic carboxylic acids is 1. The predicted octanol–water partition coefficient (Wildman–Crippen LogP) is 2.71. The fraction of sp³-hybridized carbons (Fsp3) is 0.263. The van der Waals surface area contributed by atoms with Crippen LogP contribution in [0.4, 0.5) is 0 Å². The van der Waals surface area contributed by atoms with Gasteiger partial charge >= 0.3 is 5.97 Å². The first-order valence-corrected chi connectivity index (χ1v) is 7.79. The molecule has 1 amide bonds. The lowest BCUT2D eigenvalue weighted by Crippen LogP contribution is -2.23. The Kier molecular flexibility index (Phi) is 6.37. The summed E-state index contributed by atoms with van der Waals surface area (Å²) in [6, 6.07) is 15.2. The number of carboxylic acid groups (broad SMARTS) is 1. The van der Waals surface area contributed by atoms with Crippen LogP contribution < -0.4 is 10.1 Å². The van der Waals surface area contributed by atoms with Crippen molar-refractivity contribution < 1.29 is 19.4 Å². The van der Waals surface area contributed by atoms with Gasteiger partial charge in [0.25, 0.3) is 0 Å². The van der Waals surface area contributed by atoms with E-state index >= 15 is 0 Å². The number of carbonyl (C=O) groups is 2. The monoisotopic (exact) mass is 327 g/mol. The lowest BCUT2D eigenvalue weighted by atomic mass is 10.1. The van der Waals surface area contributed by atoms with Crippen molar-refractivity contribution in [1.29, 1.82) is 0 Å². The van der Waals surface area contributed by atoms with Crippen molar-refractivity contribution in [2.45, 2.75) is 26.3 Å². The second-order valence-electron chi connectivity index (χ2n) is 5.60. The average molecular weight is 327 g/mol. The van der Waals surface area contributed by atoms with Gasteiger partial charge in [-0.05, 0) is 36.6 Å². The molecule has 0 saturated carbocycles. The largest absolute Gasteiger partial charge is 0.482 e. The molecule has 0 radical (unpaired) electrons. The van der Waals surface area contributed by atoms with Gasteiger partial charge in [-0.15, -0.1) is 0 Å². The number of amides is 1. The van der Waals surface area contributed by atoms with Gasteiger partial charge in [0.15, 0.2) is 6.61 Å². The summed E-state index contributed by atoms with van der Waals surface area (Å²) in [5.41, 5.74) is 3.20. The summed E-state index contributed by atoms with van der Waals surface area (Å²) in [5, 5.41) is 11.5. The molecule has 0 bridgehead atoms. The molecule has 0 aliphatic rings. The Balaban J connectivity index is 1.79. The van der Waals surface area contributed by atoms with Crippen molar-refractivity contribution in [3.8, 4) is 5.75 Å². The van der Waals surface area contributed by atoms with Crippen LogP contribution in [-0.4, -0.2) is 23.6 Å². The molecule has 24 heavy (non-hydrogen) atoms. The van der Waals surface area contributed by atoms with Crippen LogP contribution in [0, 0.1) is 6.92 Å². The minimum absolute atomic E-state index is 0.0200. The Morgan fingerprint density at radius 1 is 1.08 bits per heavy atom. The molecule has 0 atom stereocenters. The molecule has 2 aromatic carbocycles. The van der Waals surface area contributed by atoms with Gasteiger partial charge in [0, 0.05) is 13.0 Å². The van der Waals surface area contributed by atoms with Gasteiger partial charge in [-0.25, -0.2) is 4.79 Å². The van der Waals surface area contributed by atoms with Crippen molar-refractivity contribution in [2.75, 3.05) is 6.61 Å². The Morgan fingerprint density at radius 3 is 2.58 bits per heavy atom. The van der Waals surface area contributed by atoms with E-state index in [0.29, 0.717) is 25.1 Å². The van der Waals surface area contributed by atoms with Crippen molar-refractivity contribution in [3.05, 3.63) is 65.2 Å². The van der Waals surface area contributed by atoms with Crippen molar-refractivity contribution in [1.82, 2.24) is 5.32 Å². The highest BCUT2D eigenvalue weighted by molar-refractivity contribution is 5.76. The molecule has 0 aliphatic carbocycles. The van der Waals surface area contributed by atoms with Crippen LogP contribution in [0.1, 0.15) is 23.1 Å². The van der Waals surface area contributed by atoms with Crippen molar-refractivity contribution in [2.24, 2.45) is 0 Å². The zero-order chi connectivity index (χ0) is 17.4.